The van der Waals surface area contributed by atoms with E-state index in [1.807, 2.05) is 20.8 Å². The summed E-state index contributed by atoms with van der Waals surface area (Å²) in [4.78, 5) is 37.4. The summed E-state index contributed by atoms with van der Waals surface area (Å²) in [5.41, 5.74) is -3.09. The largest absolute Gasteiger partial charge is 0.450 e. The first kappa shape index (κ1) is 27.8. The lowest BCUT2D eigenvalue weighted by Gasteiger charge is -2.64. The topological polar surface area (TPSA) is 80.7 Å². The molecule has 0 amide bonds. The van der Waals surface area contributed by atoms with Gasteiger partial charge in [0.25, 0.3) is 0 Å². The molecule has 0 heterocycles. The van der Waals surface area contributed by atoms with Crippen LogP contribution in [0.25, 0.3) is 0 Å². The molecule has 8 atom stereocenters. The van der Waals surface area contributed by atoms with Gasteiger partial charge in [-0.15, -0.1) is 23.2 Å². The number of esters is 1. The van der Waals surface area contributed by atoms with Gasteiger partial charge in [0.05, 0.1) is 16.9 Å². The van der Waals surface area contributed by atoms with Crippen molar-refractivity contribution >= 4 is 40.7 Å². The second kappa shape index (κ2) is 9.50. The quantitative estimate of drug-likeness (QED) is 0.248. The van der Waals surface area contributed by atoms with E-state index in [1.54, 1.807) is 13.0 Å². The Bertz CT molecular complexity index is 1030. The third kappa shape index (κ3) is 3.53. The average molecular weight is 544 g/mol. The monoisotopic (exact) mass is 542 g/mol. The van der Waals surface area contributed by atoms with Gasteiger partial charge in [-0.3, -0.25) is 14.4 Å². The SMILES string of the molecule is CCCCCC(=O)O[C@]1(C(=O)CCl)[C@@H](C)C[C@H]2[C@@H]3CCC4=C(F)C(=O)C=C[C@]4(C)[C@@]3(Cl)[C@@H](O)C[C@@]21C. The van der Waals surface area contributed by atoms with Crippen LogP contribution in [0.1, 0.15) is 79.1 Å². The number of carbonyl (C=O) groups excluding carboxylic acids is 3. The van der Waals surface area contributed by atoms with Crippen LogP contribution in [0, 0.1) is 28.6 Å². The van der Waals surface area contributed by atoms with E-state index in [-0.39, 0.29) is 42.3 Å². The lowest BCUT2D eigenvalue weighted by molar-refractivity contribution is -0.200. The van der Waals surface area contributed by atoms with Crippen molar-refractivity contribution in [1.29, 1.82) is 0 Å². The lowest BCUT2D eigenvalue weighted by Crippen LogP contribution is -2.69. The van der Waals surface area contributed by atoms with Gasteiger partial charge in [0.1, 0.15) is 0 Å². The molecule has 0 bridgehead atoms. The van der Waals surface area contributed by atoms with E-state index in [0.29, 0.717) is 31.3 Å². The fourth-order valence-electron chi connectivity index (χ4n) is 8.33. The number of aliphatic hydroxyl groups is 1. The molecule has 0 aliphatic heterocycles. The van der Waals surface area contributed by atoms with E-state index >= 15 is 0 Å². The van der Waals surface area contributed by atoms with Crippen molar-refractivity contribution < 1.29 is 28.6 Å². The highest BCUT2D eigenvalue weighted by atomic mass is 35.5. The van der Waals surface area contributed by atoms with Crippen molar-refractivity contribution in [1.82, 2.24) is 0 Å². The minimum absolute atomic E-state index is 0.0964. The number of halogens is 3. The summed E-state index contributed by atoms with van der Waals surface area (Å²) in [6.07, 6.45) is 5.90. The van der Waals surface area contributed by atoms with Crippen molar-refractivity contribution in [3.8, 4) is 0 Å². The molecular weight excluding hydrogens is 506 g/mol. The second-order valence-corrected chi connectivity index (χ2v) is 12.6. The van der Waals surface area contributed by atoms with Crippen LogP contribution in [0.15, 0.2) is 23.6 Å². The Hall–Kier alpha value is -1.24. The number of hydrogen-bond donors (Lipinski definition) is 1. The van der Waals surface area contributed by atoms with Crippen LogP contribution in [-0.4, -0.2) is 45.1 Å². The molecular formula is C28H37Cl2FO5. The van der Waals surface area contributed by atoms with Gasteiger partial charge >= 0.3 is 5.97 Å². The Labute approximate surface area is 222 Å². The summed E-state index contributed by atoms with van der Waals surface area (Å²) in [6.45, 7) is 7.66. The van der Waals surface area contributed by atoms with Crippen LogP contribution < -0.4 is 0 Å². The zero-order valence-electron chi connectivity index (χ0n) is 21.5. The maximum absolute atomic E-state index is 15.0. The maximum Gasteiger partial charge on any atom is 0.306 e. The Morgan fingerprint density at radius 1 is 1.25 bits per heavy atom. The van der Waals surface area contributed by atoms with Crippen LogP contribution in [0.4, 0.5) is 4.39 Å². The molecule has 36 heavy (non-hydrogen) atoms. The number of unbranched alkanes of at least 4 members (excludes halogenated alkanes) is 2. The maximum atomic E-state index is 15.0. The highest BCUT2D eigenvalue weighted by Gasteiger charge is 2.76. The average Bonchev–Trinajstić information content (AvgIpc) is 3.04. The first-order valence-electron chi connectivity index (χ1n) is 13.2. The molecule has 0 aromatic heterocycles. The summed E-state index contributed by atoms with van der Waals surface area (Å²) in [7, 11) is 0. The number of ketones is 2. The standard InChI is InChI=1S/C28H37Cl2FO5/c1-5-6-7-8-23(35)36-28(22(34)15-29)16(2)13-19-17-9-10-18-24(31)20(32)11-12-25(18,3)27(17,30)21(33)14-26(19,28)4/h11-12,16-17,19,21,33H,5-10,13-15H2,1-4H3/t16-,17-,19-,21-,25-,26-,27-,28-/m0/s1. The van der Waals surface area contributed by atoms with Gasteiger partial charge < -0.3 is 9.84 Å². The summed E-state index contributed by atoms with van der Waals surface area (Å²) < 4.78 is 21.1. The highest BCUT2D eigenvalue weighted by molar-refractivity contribution is 6.29. The first-order valence-corrected chi connectivity index (χ1v) is 14.1. The van der Waals surface area contributed by atoms with Gasteiger partial charge in [0.2, 0.25) is 5.78 Å². The first-order chi connectivity index (χ1) is 16.8. The van der Waals surface area contributed by atoms with Crippen molar-refractivity contribution in [2.75, 3.05) is 5.88 Å². The Morgan fingerprint density at radius 3 is 2.58 bits per heavy atom. The fourth-order valence-corrected chi connectivity index (χ4v) is 9.04. The number of aliphatic hydroxyl groups excluding tert-OH is 1. The number of ether oxygens (including phenoxy) is 1. The van der Waals surface area contributed by atoms with Crippen LogP contribution in [0.3, 0.4) is 0 Å². The number of carbonyl (C=O) groups is 3. The van der Waals surface area contributed by atoms with E-state index < -0.39 is 45.0 Å². The number of rotatable bonds is 7. The zero-order valence-corrected chi connectivity index (χ0v) is 23.1. The van der Waals surface area contributed by atoms with Crippen LogP contribution in [0.2, 0.25) is 0 Å². The van der Waals surface area contributed by atoms with E-state index in [9.17, 15) is 23.9 Å². The van der Waals surface area contributed by atoms with Crippen LogP contribution in [0.5, 0.6) is 0 Å². The zero-order chi connectivity index (χ0) is 26.7. The predicted octanol–water partition coefficient (Wildman–Crippen LogP) is 5.84. The molecule has 3 fully saturated rings. The summed E-state index contributed by atoms with van der Waals surface area (Å²) in [5, 5.41) is 11.7. The van der Waals surface area contributed by atoms with Gasteiger partial charge in [-0.05, 0) is 55.6 Å². The molecule has 0 saturated heterocycles. The van der Waals surface area contributed by atoms with Crippen molar-refractivity contribution in [2.45, 2.75) is 95.6 Å². The molecule has 3 saturated carbocycles. The van der Waals surface area contributed by atoms with Crippen LogP contribution >= 0.6 is 23.2 Å². The number of hydrogen-bond acceptors (Lipinski definition) is 5. The molecule has 0 radical (unpaired) electrons. The molecule has 0 aromatic rings. The van der Waals surface area contributed by atoms with E-state index in [1.165, 1.54) is 6.08 Å². The van der Waals surface area contributed by atoms with E-state index in [4.69, 9.17) is 27.9 Å². The Kier molecular flexibility index (Phi) is 7.33. The van der Waals surface area contributed by atoms with E-state index in [2.05, 4.69) is 0 Å². The summed E-state index contributed by atoms with van der Waals surface area (Å²) in [6, 6.07) is 0. The molecule has 8 heteroatoms. The minimum Gasteiger partial charge on any atom is -0.450 e. The molecule has 200 valence electrons. The molecule has 1 N–H and O–H groups in total. The number of Topliss-reactive ketones (excluding diaryl/α,β-unsaturated/α-hetero) is 1. The Balaban J connectivity index is 1.78. The molecule has 4 rings (SSSR count). The molecule has 0 aromatic carbocycles. The molecule has 0 spiro atoms. The normalized spacial score (nSPS) is 43.6. The second-order valence-electron chi connectivity index (χ2n) is 11.7. The van der Waals surface area contributed by atoms with Gasteiger partial charge in [0.15, 0.2) is 17.2 Å². The fraction of sp³-hybridized carbons (Fsp3) is 0.750. The van der Waals surface area contributed by atoms with Crippen molar-refractivity contribution in [3.05, 3.63) is 23.6 Å². The number of allylic oxidation sites excluding steroid dienone is 4. The molecule has 0 unspecified atom stereocenters. The van der Waals surface area contributed by atoms with Crippen LogP contribution in [-0.2, 0) is 19.1 Å². The molecule has 4 aliphatic carbocycles. The smallest absolute Gasteiger partial charge is 0.306 e. The molecule has 5 nitrogen and oxygen atoms in total. The van der Waals surface area contributed by atoms with E-state index in [0.717, 1.165) is 12.8 Å². The highest BCUT2D eigenvalue weighted by Crippen LogP contribution is 2.72. The van der Waals surface area contributed by atoms with Crippen molar-refractivity contribution in [2.24, 2.45) is 28.6 Å². The predicted molar refractivity (Wildman–Crippen MR) is 136 cm³/mol. The summed E-state index contributed by atoms with van der Waals surface area (Å²) in [5.74, 6) is -3.33. The van der Waals surface area contributed by atoms with Gasteiger partial charge in [0, 0.05) is 23.2 Å². The third-order valence-corrected chi connectivity index (χ3v) is 11.2. The minimum atomic E-state index is -1.47. The number of alkyl halides is 2. The van der Waals surface area contributed by atoms with Gasteiger partial charge in [-0.25, -0.2) is 4.39 Å². The number of fused-ring (bicyclic) bond motifs is 5. The summed E-state index contributed by atoms with van der Waals surface area (Å²) >= 11 is 13.5. The molecule has 4 aliphatic rings. The lowest BCUT2D eigenvalue weighted by atomic mass is 9.45. The van der Waals surface area contributed by atoms with Gasteiger partial charge in [-0.2, -0.15) is 0 Å². The Morgan fingerprint density at radius 2 is 1.94 bits per heavy atom. The third-order valence-electron chi connectivity index (χ3n) is 10.1. The van der Waals surface area contributed by atoms with Crippen molar-refractivity contribution in [3.63, 3.8) is 0 Å². The van der Waals surface area contributed by atoms with Gasteiger partial charge in [-0.1, -0.05) is 46.6 Å².